The monoisotopic (exact) mass is 353 g/mol. The van der Waals surface area contributed by atoms with Gasteiger partial charge in [0.25, 0.3) is 0 Å². The van der Waals surface area contributed by atoms with Crippen LogP contribution in [-0.4, -0.2) is 23.7 Å². The van der Waals surface area contributed by atoms with Crippen molar-refractivity contribution in [3.63, 3.8) is 0 Å². The van der Waals surface area contributed by atoms with E-state index in [4.69, 9.17) is 10.4 Å². The molecule has 2 amide bonds. The average Bonchev–Trinajstić information content (AvgIpc) is 2.44. The number of urea groups is 1. The van der Waals surface area contributed by atoms with Crippen molar-refractivity contribution < 1.29 is 14.7 Å². The Kier molecular flexibility index (Phi) is 6.69. The lowest BCUT2D eigenvalue weighted by Gasteiger charge is -2.14. The zero-order valence-electron chi connectivity index (χ0n) is 11.5. The largest absolute Gasteiger partial charge is 0.481 e. The van der Waals surface area contributed by atoms with Crippen molar-refractivity contribution in [3.8, 4) is 6.07 Å². The van der Waals surface area contributed by atoms with Gasteiger partial charge in [0.05, 0.1) is 11.3 Å². The number of carboxylic acid groups (broad SMARTS) is 1. The summed E-state index contributed by atoms with van der Waals surface area (Å²) in [6.45, 7) is 2.14. The van der Waals surface area contributed by atoms with Crippen LogP contribution in [0.5, 0.6) is 0 Å². The van der Waals surface area contributed by atoms with Crippen LogP contribution in [0.1, 0.15) is 25.3 Å². The number of carbonyl (C=O) groups is 2. The molecule has 1 unspecified atom stereocenters. The number of hydrogen-bond acceptors (Lipinski definition) is 3. The van der Waals surface area contributed by atoms with Crippen molar-refractivity contribution in [1.29, 1.82) is 5.26 Å². The van der Waals surface area contributed by atoms with Crippen molar-refractivity contribution in [2.24, 2.45) is 5.92 Å². The molecular formula is C14H16BrN3O3. The molecule has 0 aromatic heterocycles. The van der Waals surface area contributed by atoms with E-state index in [9.17, 15) is 9.59 Å². The van der Waals surface area contributed by atoms with Crippen molar-refractivity contribution in [2.75, 3.05) is 11.9 Å². The molecule has 1 rings (SSSR count). The maximum absolute atomic E-state index is 11.8. The first-order chi connectivity index (χ1) is 9.96. The van der Waals surface area contributed by atoms with E-state index >= 15 is 0 Å². The molecule has 1 aromatic carbocycles. The Morgan fingerprint density at radius 1 is 1.48 bits per heavy atom. The van der Waals surface area contributed by atoms with Crippen LogP contribution in [0, 0.1) is 17.2 Å². The molecule has 7 heteroatoms. The van der Waals surface area contributed by atoms with Gasteiger partial charge in [0.15, 0.2) is 0 Å². The number of carboxylic acids is 1. The number of benzene rings is 1. The topological polar surface area (TPSA) is 102 Å². The Labute approximate surface area is 131 Å². The molecule has 0 saturated heterocycles. The second-order valence-corrected chi connectivity index (χ2v) is 5.42. The lowest BCUT2D eigenvalue weighted by Crippen LogP contribution is -2.33. The summed E-state index contributed by atoms with van der Waals surface area (Å²) in [4.78, 5) is 22.4. The highest BCUT2D eigenvalue weighted by atomic mass is 79.9. The number of hydrogen-bond donors (Lipinski definition) is 3. The molecule has 1 atom stereocenters. The van der Waals surface area contributed by atoms with Gasteiger partial charge in [0.1, 0.15) is 6.07 Å². The molecule has 0 fully saturated rings. The van der Waals surface area contributed by atoms with Gasteiger partial charge in [-0.3, -0.25) is 4.79 Å². The Hall–Kier alpha value is -2.07. The Bertz CT molecular complexity index is 569. The normalized spacial score (nSPS) is 11.3. The van der Waals surface area contributed by atoms with Crippen LogP contribution in [0.15, 0.2) is 22.7 Å². The number of nitrogens with one attached hydrogen (secondary N) is 2. The molecule has 0 heterocycles. The second kappa shape index (κ2) is 8.27. The van der Waals surface area contributed by atoms with Gasteiger partial charge in [-0.2, -0.15) is 5.26 Å². The number of rotatable bonds is 6. The quantitative estimate of drug-likeness (QED) is 0.731. The van der Waals surface area contributed by atoms with Crippen molar-refractivity contribution in [2.45, 2.75) is 19.8 Å². The molecule has 3 N–H and O–H groups in total. The highest BCUT2D eigenvalue weighted by Gasteiger charge is 2.13. The fraction of sp³-hybridized carbons (Fsp3) is 0.357. The van der Waals surface area contributed by atoms with Crippen LogP contribution < -0.4 is 10.6 Å². The molecule has 0 aliphatic carbocycles. The number of carbonyl (C=O) groups excluding carboxylic acids is 1. The fourth-order valence-corrected chi connectivity index (χ4v) is 2.09. The summed E-state index contributed by atoms with van der Waals surface area (Å²) in [6.07, 6.45) is 0.673. The van der Waals surface area contributed by atoms with E-state index in [1.165, 1.54) is 0 Å². The van der Waals surface area contributed by atoms with Crippen molar-refractivity contribution in [1.82, 2.24) is 5.32 Å². The summed E-state index contributed by atoms with van der Waals surface area (Å²) in [7, 11) is 0. The third-order valence-electron chi connectivity index (χ3n) is 2.94. The Balaban J connectivity index is 2.58. The Morgan fingerprint density at radius 3 is 2.76 bits per heavy atom. The molecule has 6 nitrogen and oxygen atoms in total. The standard InChI is InChI=1S/C14H16BrN3O3/c1-2-9(5-13(19)20)8-17-14(21)18-12-4-3-11(15)6-10(12)7-16/h3-4,6,9H,2,5,8H2,1H3,(H,19,20)(H2,17,18,21). The molecule has 112 valence electrons. The van der Waals surface area contributed by atoms with E-state index in [0.717, 1.165) is 4.47 Å². The lowest BCUT2D eigenvalue weighted by atomic mass is 10.0. The van der Waals surface area contributed by atoms with Crippen molar-refractivity contribution >= 4 is 33.6 Å². The lowest BCUT2D eigenvalue weighted by molar-refractivity contribution is -0.138. The molecule has 0 bridgehead atoms. The highest BCUT2D eigenvalue weighted by Crippen LogP contribution is 2.20. The third kappa shape index (κ3) is 5.83. The maximum Gasteiger partial charge on any atom is 0.319 e. The number of aliphatic carboxylic acids is 1. The molecule has 0 aliphatic heterocycles. The molecule has 0 radical (unpaired) electrons. The van der Waals surface area contributed by atoms with Gasteiger partial charge in [0, 0.05) is 17.4 Å². The molecule has 0 saturated carbocycles. The average molecular weight is 354 g/mol. The predicted molar refractivity (Wildman–Crippen MR) is 81.9 cm³/mol. The Morgan fingerprint density at radius 2 is 2.19 bits per heavy atom. The van der Waals surface area contributed by atoms with Gasteiger partial charge in [0.2, 0.25) is 0 Å². The zero-order chi connectivity index (χ0) is 15.8. The first kappa shape index (κ1) is 17.0. The van der Waals surface area contributed by atoms with Crippen LogP contribution in [-0.2, 0) is 4.79 Å². The van der Waals surface area contributed by atoms with Gasteiger partial charge >= 0.3 is 12.0 Å². The zero-order valence-corrected chi connectivity index (χ0v) is 13.1. The van der Waals surface area contributed by atoms with Crippen LogP contribution in [0.2, 0.25) is 0 Å². The van der Waals surface area contributed by atoms with Crippen LogP contribution in [0.4, 0.5) is 10.5 Å². The SMILES string of the molecule is CCC(CNC(=O)Nc1ccc(Br)cc1C#N)CC(=O)O. The number of amides is 2. The highest BCUT2D eigenvalue weighted by molar-refractivity contribution is 9.10. The minimum absolute atomic E-state index is 0.0124. The van der Waals surface area contributed by atoms with Crippen LogP contribution >= 0.6 is 15.9 Å². The molecule has 21 heavy (non-hydrogen) atoms. The first-order valence-electron chi connectivity index (χ1n) is 6.42. The third-order valence-corrected chi connectivity index (χ3v) is 3.44. The number of nitriles is 1. The summed E-state index contributed by atoms with van der Waals surface area (Å²) in [5.41, 5.74) is 0.751. The van der Waals surface area contributed by atoms with E-state index in [0.29, 0.717) is 17.7 Å². The first-order valence-corrected chi connectivity index (χ1v) is 7.21. The molecular weight excluding hydrogens is 338 g/mol. The number of halogens is 1. The van der Waals surface area contributed by atoms with Gasteiger partial charge in [-0.15, -0.1) is 0 Å². The van der Waals surface area contributed by atoms with E-state index in [2.05, 4.69) is 26.6 Å². The van der Waals surface area contributed by atoms with Gasteiger partial charge < -0.3 is 15.7 Å². The fourth-order valence-electron chi connectivity index (χ4n) is 1.73. The summed E-state index contributed by atoms with van der Waals surface area (Å²) in [6, 6.07) is 6.48. The second-order valence-electron chi connectivity index (χ2n) is 4.51. The van der Waals surface area contributed by atoms with Gasteiger partial charge in [-0.05, 0) is 24.1 Å². The van der Waals surface area contributed by atoms with Crippen molar-refractivity contribution in [3.05, 3.63) is 28.2 Å². The minimum Gasteiger partial charge on any atom is -0.481 e. The van der Waals surface area contributed by atoms with Crippen LogP contribution in [0.3, 0.4) is 0 Å². The summed E-state index contributed by atoms with van der Waals surface area (Å²) in [5, 5.41) is 22.9. The summed E-state index contributed by atoms with van der Waals surface area (Å²) in [5.74, 6) is -1.00. The maximum atomic E-state index is 11.8. The molecule has 0 spiro atoms. The molecule has 1 aromatic rings. The van der Waals surface area contributed by atoms with Gasteiger partial charge in [-0.1, -0.05) is 29.3 Å². The van der Waals surface area contributed by atoms with E-state index in [1.807, 2.05) is 13.0 Å². The smallest absolute Gasteiger partial charge is 0.319 e. The van der Waals surface area contributed by atoms with Crippen LogP contribution in [0.25, 0.3) is 0 Å². The summed E-state index contributed by atoms with van der Waals surface area (Å²) < 4.78 is 0.748. The summed E-state index contributed by atoms with van der Waals surface area (Å²) >= 11 is 3.25. The number of anilines is 1. The number of nitrogens with zero attached hydrogens (tertiary/aromatic N) is 1. The van der Waals surface area contributed by atoms with E-state index in [1.54, 1.807) is 18.2 Å². The predicted octanol–water partition coefficient (Wildman–Crippen LogP) is 2.94. The van der Waals surface area contributed by atoms with E-state index in [-0.39, 0.29) is 18.9 Å². The van der Waals surface area contributed by atoms with Gasteiger partial charge in [-0.25, -0.2) is 4.79 Å². The minimum atomic E-state index is -0.885. The molecule has 0 aliphatic rings. The van der Waals surface area contributed by atoms with E-state index < -0.39 is 12.0 Å².